The fraction of sp³-hybridized carbons (Fsp3) is 0.125. The van der Waals surface area contributed by atoms with Crippen molar-refractivity contribution in [1.82, 2.24) is 5.43 Å². The quantitative estimate of drug-likeness (QED) is 0.811. The maximum absolute atomic E-state index is 3.48. The largest absolute Gasteiger partial charge is 0.276 e. The van der Waals surface area contributed by atoms with Crippen molar-refractivity contribution in [3.63, 3.8) is 0 Å². The summed E-state index contributed by atoms with van der Waals surface area (Å²) in [5.74, 6) is 0. The van der Waals surface area contributed by atoms with Gasteiger partial charge in [0.25, 0.3) is 0 Å². The molecule has 2 heteroatoms. The second kappa shape index (κ2) is 5.07. The topological polar surface area (TPSA) is 15.3 Å². The Morgan fingerprint density at radius 1 is 0.889 bits per heavy atom. The summed E-state index contributed by atoms with van der Waals surface area (Å²) in [6, 6.07) is 18.9. The maximum atomic E-state index is 3.48. The molecule has 90 valence electrons. The van der Waals surface area contributed by atoms with Gasteiger partial charge < -0.3 is 0 Å². The van der Waals surface area contributed by atoms with Crippen molar-refractivity contribution in [2.45, 2.75) is 6.42 Å². The van der Waals surface area contributed by atoms with Crippen LogP contribution in [-0.2, 0) is 0 Å². The van der Waals surface area contributed by atoms with Crippen LogP contribution in [0.25, 0.3) is 6.08 Å². The highest BCUT2D eigenvalue weighted by Gasteiger charge is 2.12. The molecular weight excluding hydrogens is 220 g/mol. The summed E-state index contributed by atoms with van der Waals surface area (Å²) < 4.78 is 0. The van der Waals surface area contributed by atoms with Gasteiger partial charge in [-0.1, -0.05) is 48.6 Å². The van der Waals surface area contributed by atoms with Crippen molar-refractivity contribution in [2.75, 3.05) is 11.6 Å². The SMILES string of the molecule is C1=Cc2ccccc2N(c2ccccc2)NCC1. The highest BCUT2D eigenvalue weighted by molar-refractivity contribution is 5.73. The van der Waals surface area contributed by atoms with E-state index in [1.54, 1.807) is 0 Å². The van der Waals surface area contributed by atoms with Gasteiger partial charge >= 0.3 is 0 Å². The molecule has 0 spiro atoms. The third-order valence-electron chi connectivity index (χ3n) is 3.07. The first-order valence-electron chi connectivity index (χ1n) is 6.29. The van der Waals surface area contributed by atoms with Crippen LogP contribution >= 0.6 is 0 Å². The zero-order chi connectivity index (χ0) is 12.2. The van der Waals surface area contributed by atoms with Crippen molar-refractivity contribution in [2.24, 2.45) is 0 Å². The van der Waals surface area contributed by atoms with E-state index in [4.69, 9.17) is 0 Å². The van der Waals surface area contributed by atoms with Crippen molar-refractivity contribution in [3.05, 3.63) is 66.2 Å². The molecule has 0 radical (unpaired) electrons. The van der Waals surface area contributed by atoms with Gasteiger partial charge in [-0.2, -0.15) is 0 Å². The molecule has 2 nitrogen and oxygen atoms in total. The van der Waals surface area contributed by atoms with E-state index < -0.39 is 0 Å². The summed E-state index contributed by atoms with van der Waals surface area (Å²) in [5.41, 5.74) is 7.08. The van der Waals surface area contributed by atoms with Crippen molar-refractivity contribution < 1.29 is 0 Å². The summed E-state index contributed by atoms with van der Waals surface area (Å²) in [4.78, 5) is 0. The van der Waals surface area contributed by atoms with Crippen LogP contribution < -0.4 is 10.4 Å². The minimum absolute atomic E-state index is 0.944. The lowest BCUT2D eigenvalue weighted by Gasteiger charge is -2.28. The molecule has 0 amide bonds. The first kappa shape index (κ1) is 11.1. The van der Waals surface area contributed by atoms with Gasteiger partial charge in [0.15, 0.2) is 0 Å². The van der Waals surface area contributed by atoms with E-state index in [0.29, 0.717) is 0 Å². The molecule has 0 bridgehead atoms. The first-order valence-corrected chi connectivity index (χ1v) is 6.29. The van der Waals surface area contributed by atoms with Crippen molar-refractivity contribution >= 4 is 17.5 Å². The average molecular weight is 236 g/mol. The number of nitrogens with zero attached hydrogens (tertiary/aromatic N) is 1. The molecule has 0 saturated carbocycles. The van der Waals surface area contributed by atoms with Crippen LogP contribution in [0.15, 0.2) is 60.7 Å². The number of rotatable bonds is 1. The van der Waals surface area contributed by atoms with Crippen LogP contribution in [0.4, 0.5) is 11.4 Å². The van der Waals surface area contributed by atoms with Crippen LogP contribution in [0, 0.1) is 0 Å². The monoisotopic (exact) mass is 236 g/mol. The Kier molecular flexibility index (Phi) is 3.11. The Balaban J connectivity index is 2.08. The summed E-state index contributed by atoms with van der Waals surface area (Å²) in [6.45, 7) is 0.944. The zero-order valence-corrected chi connectivity index (χ0v) is 10.2. The van der Waals surface area contributed by atoms with Gasteiger partial charge in [-0.05, 0) is 30.2 Å². The van der Waals surface area contributed by atoms with E-state index in [0.717, 1.165) is 13.0 Å². The van der Waals surface area contributed by atoms with Gasteiger partial charge in [-0.25, -0.2) is 5.43 Å². The molecule has 0 unspecified atom stereocenters. The van der Waals surface area contributed by atoms with E-state index in [1.165, 1.54) is 16.9 Å². The average Bonchev–Trinajstić information content (AvgIpc) is 2.41. The lowest BCUT2D eigenvalue weighted by Crippen LogP contribution is -2.35. The van der Waals surface area contributed by atoms with Crippen molar-refractivity contribution in [1.29, 1.82) is 0 Å². The highest BCUT2D eigenvalue weighted by Crippen LogP contribution is 2.28. The van der Waals surface area contributed by atoms with Gasteiger partial charge in [0.05, 0.1) is 11.4 Å². The molecule has 0 aromatic heterocycles. The smallest absolute Gasteiger partial charge is 0.0649 e. The van der Waals surface area contributed by atoms with Gasteiger partial charge in [0.1, 0.15) is 0 Å². The fourth-order valence-corrected chi connectivity index (χ4v) is 2.19. The van der Waals surface area contributed by atoms with E-state index in [9.17, 15) is 0 Å². The molecule has 18 heavy (non-hydrogen) atoms. The van der Waals surface area contributed by atoms with Crippen LogP contribution in [0.1, 0.15) is 12.0 Å². The Morgan fingerprint density at radius 2 is 1.67 bits per heavy atom. The molecule has 1 aliphatic heterocycles. The maximum Gasteiger partial charge on any atom is 0.0649 e. The van der Waals surface area contributed by atoms with Gasteiger partial charge in [0, 0.05) is 6.54 Å². The number of para-hydroxylation sites is 2. The molecule has 1 heterocycles. The van der Waals surface area contributed by atoms with Crippen LogP contribution in [0.2, 0.25) is 0 Å². The zero-order valence-electron chi connectivity index (χ0n) is 10.2. The normalized spacial score (nSPS) is 14.8. The number of anilines is 2. The van der Waals surface area contributed by atoms with E-state index in [-0.39, 0.29) is 0 Å². The second-order valence-electron chi connectivity index (χ2n) is 4.33. The first-order chi connectivity index (χ1) is 8.95. The number of hydrazine groups is 1. The van der Waals surface area contributed by atoms with E-state index in [1.807, 2.05) is 6.07 Å². The van der Waals surface area contributed by atoms with Gasteiger partial charge in [-0.3, -0.25) is 5.01 Å². The fourth-order valence-electron chi connectivity index (χ4n) is 2.19. The molecule has 2 aromatic rings. The molecule has 0 atom stereocenters. The Morgan fingerprint density at radius 3 is 2.56 bits per heavy atom. The number of fused-ring (bicyclic) bond motifs is 1. The predicted molar refractivity (Wildman–Crippen MR) is 76.7 cm³/mol. The minimum atomic E-state index is 0.944. The van der Waals surface area contributed by atoms with E-state index in [2.05, 4.69) is 71.1 Å². The number of hydrogen-bond donors (Lipinski definition) is 1. The van der Waals surface area contributed by atoms with Crippen LogP contribution in [0.5, 0.6) is 0 Å². The van der Waals surface area contributed by atoms with Crippen LogP contribution in [-0.4, -0.2) is 6.54 Å². The van der Waals surface area contributed by atoms with Gasteiger partial charge in [0.2, 0.25) is 0 Å². The molecule has 0 aliphatic carbocycles. The van der Waals surface area contributed by atoms with Crippen molar-refractivity contribution in [3.8, 4) is 0 Å². The third kappa shape index (κ3) is 2.15. The molecular formula is C16H16N2. The van der Waals surface area contributed by atoms with E-state index >= 15 is 0 Å². The lowest BCUT2D eigenvalue weighted by atomic mass is 10.1. The predicted octanol–water partition coefficient (Wildman–Crippen LogP) is 3.75. The molecule has 3 rings (SSSR count). The summed E-state index contributed by atoms with van der Waals surface area (Å²) in [5, 5.41) is 2.17. The Bertz CT molecular complexity index is 546. The standard InChI is InChI=1S/C16H16N2/c1-2-10-15(11-3-1)18-16-12-5-4-8-14(16)9-6-7-13-17-18/h1-6,8-12,17H,7,13H2. The molecule has 0 fully saturated rings. The number of hydrogen-bond acceptors (Lipinski definition) is 2. The summed E-state index contributed by atoms with van der Waals surface area (Å²) >= 11 is 0. The Labute approximate surface area is 108 Å². The summed E-state index contributed by atoms with van der Waals surface area (Å²) in [7, 11) is 0. The second-order valence-corrected chi connectivity index (χ2v) is 4.33. The third-order valence-corrected chi connectivity index (χ3v) is 3.07. The Hall–Kier alpha value is -2.06. The number of nitrogens with one attached hydrogen (secondary N) is 1. The number of benzene rings is 2. The molecule has 2 aromatic carbocycles. The minimum Gasteiger partial charge on any atom is -0.276 e. The molecule has 1 N–H and O–H groups in total. The summed E-state index contributed by atoms with van der Waals surface area (Å²) in [6.07, 6.45) is 5.46. The highest BCUT2D eigenvalue weighted by atomic mass is 15.5. The molecule has 0 saturated heterocycles. The lowest BCUT2D eigenvalue weighted by molar-refractivity contribution is 0.706. The molecule has 1 aliphatic rings. The van der Waals surface area contributed by atoms with Gasteiger partial charge in [-0.15, -0.1) is 0 Å². The van der Waals surface area contributed by atoms with Crippen LogP contribution in [0.3, 0.4) is 0 Å².